The summed E-state index contributed by atoms with van der Waals surface area (Å²) in [7, 11) is 0. The fraction of sp³-hybridized carbons (Fsp3) is 0.500. The number of hydrogen-bond donors (Lipinski definition) is 2. The fourth-order valence-electron chi connectivity index (χ4n) is 2.47. The first-order valence-corrected chi connectivity index (χ1v) is 6.41. The molecular weight excluding hydrogens is 228 g/mol. The summed E-state index contributed by atoms with van der Waals surface area (Å²) in [6, 6.07) is 5.33. The Balaban J connectivity index is 2.14. The Labute approximate surface area is 107 Å². The Kier molecular flexibility index (Phi) is 3.87. The first kappa shape index (κ1) is 12.9. The Morgan fingerprint density at radius 3 is 2.72 bits per heavy atom. The van der Waals surface area contributed by atoms with Crippen LogP contribution in [0.1, 0.15) is 35.7 Å². The second-order valence-electron chi connectivity index (χ2n) is 5.15. The van der Waals surface area contributed by atoms with Crippen LogP contribution >= 0.6 is 0 Å². The van der Waals surface area contributed by atoms with Crippen molar-refractivity contribution in [3.8, 4) is 0 Å². The summed E-state index contributed by atoms with van der Waals surface area (Å²) < 4.78 is 0. The Morgan fingerprint density at radius 2 is 2.11 bits per heavy atom. The maximum atomic E-state index is 11.2. The van der Waals surface area contributed by atoms with Crippen molar-refractivity contribution in [2.24, 2.45) is 5.92 Å². The van der Waals surface area contributed by atoms with E-state index in [-0.39, 0.29) is 5.56 Å². The number of nitrogen functional groups attached to an aromatic ring is 1. The monoisotopic (exact) mass is 248 g/mol. The van der Waals surface area contributed by atoms with Gasteiger partial charge in [-0.3, -0.25) is 4.90 Å². The van der Waals surface area contributed by atoms with Gasteiger partial charge in [0, 0.05) is 12.2 Å². The van der Waals surface area contributed by atoms with Gasteiger partial charge in [-0.1, -0.05) is 19.1 Å². The van der Waals surface area contributed by atoms with Gasteiger partial charge in [-0.05, 0) is 43.5 Å². The lowest BCUT2D eigenvalue weighted by Crippen LogP contribution is -2.32. The van der Waals surface area contributed by atoms with Crippen LogP contribution in [0.2, 0.25) is 0 Å². The molecule has 1 aromatic rings. The summed E-state index contributed by atoms with van der Waals surface area (Å²) in [6.45, 7) is 5.02. The molecule has 0 radical (unpaired) electrons. The molecule has 0 unspecified atom stereocenters. The smallest absolute Gasteiger partial charge is 0.338 e. The number of carboxylic acids is 1. The Bertz CT molecular complexity index is 437. The molecule has 1 aromatic carbocycles. The van der Waals surface area contributed by atoms with Crippen molar-refractivity contribution in [3.63, 3.8) is 0 Å². The van der Waals surface area contributed by atoms with E-state index in [9.17, 15) is 9.90 Å². The molecular formula is C14H20N2O2. The summed E-state index contributed by atoms with van der Waals surface area (Å²) in [5.74, 6) is -0.158. The van der Waals surface area contributed by atoms with Crippen molar-refractivity contribution in [2.75, 3.05) is 18.8 Å². The molecule has 18 heavy (non-hydrogen) atoms. The number of carboxylic acid groups (broad SMARTS) is 1. The zero-order chi connectivity index (χ0) is 13.1. The van der Waals surface area contributed by atoms with Crippen LogP contribution in [0.3, 0.4) is 0 Å². The van der Waals surface area contributed by atoms with Crippen LogP contribution in [-0.4, -0.2) is 29.1 Å². The molecule has 3 N–H and O–H groups in total. The summed E-state index contributed by atoms with van der Waals surface area (Å²) in [4.78, 5) is 13.5. The minimum Gasteiger partial charge on any atom is -0.478 e. The third-order valence-corrected chi connectivity index (χ3v) is 3.67. The van der Waals surface area contributed by atoms with Gasteiger partial charge in [-0.15, -0.1) is 0 Å². The highest BCUT2D eigenvalue weighted by molar-refractivity contribution is 5.95. The van der Waals surface area contributed by atoms with Crippen molar-refractivity contribution in [3.05, 3.63) is 29.3 Å². The lowest BCUT2D eigenvalue weighted by molar-refractivity contribution is 0.0695. The van der Waals surface area contributed by atoms with Crippen LogP contribution in [0.4, 0.5) is 5.69 Å². The molecule has 0 saturated carbocycles. The van der Waals surface area contributed by atoms with Crippen molar-refractivity contribution >= 4 is 11.7 Å². The van der Waals surface area contributed by atoms with Gasteiger partial charge in [0.2, 0.25) is 0 Å². The number of rotatable bonds is 3. The van der Waals surface area contributed by atoms with Crippen molar-refractivity contribution in [2.45, 2.75) is 26.3 Å². The van der Waals surface area contributed by atoms with Crippen molar-refractivity contribution in [1.82, 2.24) is 4.90 Å². The van der Waals surface area contributed by atoms with Crippen LogP contribution in [0.25, 0.3) is 0 Å². The van der Waals surface area contributed by atoms with E-state index in [0.29, 0.717) is 12.2 Å². The van der Waals surface area contributed by atoms with Crippen LogP contribution in [0.15, 0.2) is 18.2 Å². The highest BCUT2D eigenvalue weighted by atomic mass is 16.4. The van der Waals surface area contributed by atoms with Crippen LogP contribution in [0, 0.1) is 5.92 Å². The average Bonchev–Trinajstić information content (AvgIpc) is 2.32. The van der Waals surface area contributed by atoms with Crippen molar-refractivity contribution < 1.29 is 9.90 Å². The number of anilines is 1. The van der Waals surface area contributed by atoms with E-state index in [0.717, 1.165) is 24.6 Å². The van der Waals surface area contributed by atoms with Gasteiger partial charge in [0.25, 0.3) is 0 Å². The lowest BCUT2D eigenvalue weighted by atomic mass is 9.98. The van der Waals surface area contributed by atoms with Crippen molar-refractivity contribution in [1.29, 1.82) is 0 Å². The average molecular weight is 248 g/mol. The molecule has 0 aromatic heterocycles. The molecule has 4 nitrogen and oxygen atoms in total. The topological polar surface area (TPSA) is 66.6 Å². The van der Waals surface area contributed by atoms with Crippen LogP contribution in [-0.2, 0) is 6.54 Å². The number of hydrogen-bond acceptors (Lipinski definition) is 3. The van der Waals surface area contributed by atoms with Gasteiger partial charge < -0.3 is 10.8 Å². The summed E-state index contributed by atoms with van der Waals surface area (Å²) >= 11 is 0. The SMILES string of the molecule is CC1CCN(Cc2cccc(N)c2C(=O)O)CC1. The number of nitrogens with zero attached hydrogens (tertiary/aromatic N) is 1. The van der Waals surface area contributed by atoms with E-state index in [1.807, 2.05) is 12.1 Å². The van der Waals surface area contributed by atoms with Crippen LogP contribution in [0.5, 0.6) is 0 Å². The summed E-state index contributed by atoms with van der Waals surface area (Å²) in [5, 5.41) is 9.22. The third kappa shape index (κ3) is 2.82. The Morgan fingerprint density at radius 1 is 1.44 bits per heavy atom. The molecule has 0 aliphatic carbocycles. The van der Waals surface area contributed by atoms with E-state index in [2.05, 4.69) is 11.8 Å². The zero-order valence-corrected chi connectivity index (χ0v) is 10.7. The number of piperidine rings is 1. The molecule has 1 saturated heterocycles. The molecule has 1 aliphatic heterocycles. The number of likely N-dealkylation sites (tertiary alicyclic amines) is 1. The molecule has 1 fully saturated rings. The maximum absolute atomic E-state index is 11.2. The lowest BCUT2D eigenvalue weighted by Gasteiger charge is -2.30. The van der Waals surface area contributed by atoms with E-state index < -0.39 is 5.97 Å². The van der Waals surface area contributed by atoms with Gasteiger partial charge in [-0.2, -0.15) is 0 Å². The normalized spacial score (nSPS) is 17.8. The molecule has 0 amide bonds. The highest BCUT2D eigenvalue weighted by Gasteiger charge is 2.19. The van der Waals surface area contributed by atoms with E-state index in [1.165, 1.54) is 12.8 Å². The van der Waals surface area contributed by atoms with Gasteiger partial charge in [0.05, 0.1) is 5.56 Å². The summed E-state index contributed by atoms with van der Waals surface area (Å²) in [5.41, 5.74) is 7.18. The van der Waals surface area contributed by atoms with E-state index in [1.54, 1.807) is 6.07 Å². The van der Waals surface area contributed by atoms with E-state index >= 15 is 0 Å². The maximum Gasteiger partial charge on any atom is 0.338 e. The first-order chi connectivity index (χ1) is 8.58. The molecule has 0 bridgehead atoms. The standard InChI is InChI=1S/C14H20N2O2/c1-10-5-7-16(8-6-10)9-11-3-2-4-12(15)13(11)14(17)18/h2-4,10H,5-9,15H2,1H3,(H,17,18). The molecule has 98 valence electrons. The second kappa shape index (κ2) is 5.40. The molecule has 1 heterocycles. The number of benzene rings is 1. The predicted molar refractivity (Wildman–Crippen MR) is 71.5 cm³/mol. The minimum atomic E-state index is -0.937. The zero-order valence-electron chi connectivity index (χ0n) is 10.7. The minimum absolute atomic E-state index is 0.260. The largest absolute Gasteiger partial charge is 0.478 e. The van der Waals surface area contributed by atoms with E-state index in [4.69, 9.17) is 5.73 Å². The second-order valence-corrected chi connectivity index (χ2v) is 5.15. The first-order valence-electron chi connectivity index (χ1n) is 6.41. The molecule has 0 atom stereocenters. The summed E-state index contributed by atoms with van der Waals surface area (Å²) in [6.07, 6.45) is 2.37. The fourth-order valence-corrected chi connectivity index (χ4v) is 2.47. The van der Waals surface area contributed by atoms with Gasteiger partial charge >= 0.3 is 5.97 Å². The quantitative estimate of drug-likeness (QED) is 0.805. The number of carbonyl (C=O) groups is 1. The van der Waals surface area contributed by atoms with Gasteiger partial charge in [0.1, 0.15) is 0 Å². The molecule has 0 spiro atoms. The highest BCUT2D eigenvalue weighted by Crippen LogP contribution is 2.22. The number of aromatic carboxylic acids is 1. The third-order valence-electron chi connectivity index (χ3n) is 3.67. The number of nitrogens with two attached hydrogens (primary N) is 1. The van der Waals surface area contributed by atoms with Gasteiger partial charge in [-0.25, -0.2) is 4.79 Å². The predicted octanol–water partition coefficient (Wildman–Crippen LogP) is 2.20. The van der Waals surface area contributed by atoms with Crippen LogP contribution < -0.4 is 5.73 Å². The van der Waals surface area contributed by atoms with Gasteiger partial charge in [0.15, 0.2) is 0 Å². The molecule has 2 rings (SSSR count). The Hall–Kier alpha value is -1.55. The molecule has 4 heteroatoms. The molecule has 1 aliphatic rings.